The highest BCUT2D eigenvalue weighted by Gasteiger charge is 2.22. The zero-order valence-electron chi connectivity index (χ0n) is 18.3. The van der Waals surface area contributed by atoms with Crippen LogP contribution in [0.3, 0.4) is 0 Å². The van der Waals surface area contributed by atoms with E-state index in [9.17, 15) is 9.90 Å². The van der Waals surface area contributed by atoms with Crippen molar-refractivity contribution < 1.29 is 14.6 Å². The molecular weight excluding hydrogens is 430 g/mol. The average Bonchev–Trinajstić information content (AvgIpc) is 3.31. The third-order valence-corrected chi connectivity index (χ3v) is 5.43. The van der Waals surface area contributed by atoms with E-state index in [1.54, 1.807) is 49.8 Å². The molecule has 1 aliphatic rings. The van der Waals surface area contributed by atoms with E-state index in [1.165, 1.54) is 17.2 Å². The van der Waals surface area contributed by atoms with Gasteiger partial charge in [0.05, 0.1) is 12.7 Å². The Hall–Kier alpha value is -4.77. The van der Waals surface area contributed by atoms with E-state index in [2.05, 4.69) is 42.7 Å². The molecule has 0 spiro atoms. The standard InChI is InChI=1S/C26H19N5O3/c1-34-21-9-7-18-15-31(16-19(18)14-21)26-28-13-11-23(30-26)24-27-12-10-20(29-24)8-6-17-4-2-3-5-22(17)25(32)33/h2-5,7,9-14H,15-16H2,1H3,(H,32,33). The third-order valence-electron chi connectivity index (χ3n) is 5.43. The molecule has 8 nitrogen and oxygen atoms in total. The number of anilines is 1. The van der Waals surface area contributed by atoms with Crippen LogP contribution in [-0.4, -0.2) is 38.1 Å². The molecule has 0 fully saturated rings. The van der Waals surface area contributed by atoms with Gasteiger partial charge in [-0.3, -0.25) is 0 Å². The van der Waals surface area contributed by atoms with Crippen molar-refractivity contribution in [2.45, 2.75) is 13.1 Å². The lowest BCUT2D eigenvalue weighted by molar-refractivity contribution is 0.0696. The molecule has 8 heteroatoms. The van der Waals surface area contributed by atoms with Crippen molar-refractivity contribution in [3.8, 4) is 29.1 Å². The Labute approximate surface area is 195 Å². The molecular formula is C26H19N5O3. The van der Waals surface area contributed by atoms with Crippen molar-refractivity contribution in [3.63, 3.8) is 0 Å². The van der Waals surface area contributed by atoms with E-state index in [4.69, 9.17) is 4.74 Å². The minimum absolute atomic E-state index is 0.147. The average molecular weight is 449 g/mol. The van der Waals surface area contributed by atoms with Gasteiger partial charge in [-0.05, 0) is 53.4 Å². The predicted octanol–water partition coefficient (Wildman–Crippen LogP) is 3.56. The van der Waals surface area contributed by atoms with Crippen molar-refractivity contribution in [1.29, 1.82) is 0 Å². The van der Waals surface area contributed by atoms with Crippen LogP contribution < -0.4 is 9.64 Å². The number of methoxy groups -OCH3 is 1. The highest BCUT2D eigenvalue weighted by Crippen LogP contribution is 2.29. The lowest BCUT2D eigenvalue weighted by Gasteiger charge is -2.15. The molecule has 0 aliphatic carbocycles. The maximum Gasteiger partial charge on any atom is 0.336 e. The number of fused-ring (bicyclic) bond motifs is 1. The van der Waals surface area contributed by atoms with Crippen molar-refractivity contribution in [3.05, 3.63) is 94.9 Å². The number of aromatic nitrogens is 4. The van der Waals surface area contributed by atoms with Gasteiger partial charge in [0, 0.05) is 31.0 Å². The Balaban J connectivity index is 1.40. The number of hydrogen-bond acceptors (Lipinski definition) is 7. The van der Waals surface area contributed by atoms with Gasteiger partial charge in [-0.1, -0.05) is 24.1 Å². The molecule has 0 saturated heterocycles. The fraction of sp³-hybridized carbons (Fsp3) is 0.115. The normalized spacial score (nSPS) is 12.0. The summed E-state index contributed by atoms with van der Waals surface area (Å²) in [6, 6.07) is 16.1. The number of carbonyl (C=O) groups is 1. The van der Waals surface area contributed by atoms with Crippen LogP contribution in [0.15, 0.2) is 67.0 Å². The molecule has 0 unspecified atom stereocenters. The van der Waals surface area contributed by atoms with Gasteiger partial charge >= 0.3 is 5.97 Å². The SMILES string of the molecule is COc1ccc2c(c1)CN(c1nccc(-c3nccc(C#Cc4ccccc4C(=O)O)n3)n1)C2. The number of aromatic carboxylic acids is 1. The van der Waals surface area contributed by atoms with E-state index < -0.39 is 5.97 Å². The summed E-state index contributed by atoms with van der Waals surface area (Å²) >= 11 is 0. The first-order chi connectivity index (χ1) is 16.6. The summed E-state index contributed by atoms with van der Waals surface area (Å²) in [6.07, 6.45) is 3.29. The number of carboxylic acid groups (broad SMARTS) is 1. The highest BCUT2D eigenvalue weighted by atomic mass is 16.5. The second-order valence-electron chi connectivity index (χ2n) is 7.60. The monoisotopic (exact) mass is 449 g/mol. The molecule has 1 aliphatic heterocycles. The molecule has 2 aromatic carbocycles. The molecule has 0 saturated carbocycles. The van der Waals surface area contributed by atoms with Crippen LogP contribution in [0.4, 0.5) is 5.95 Å². The van der Waals surface area contributed by atoms with Gasteiger partial charge in [0.2, 0.25) is 5.95 Å². The topological polar surface area (TPSA) is 101 Å². The van der Waals surface area contributed by atoms with Gasteiger partial charge in [-0.2, -0.15) is 0 Å². The van der Waals surface area contributed by atoms with Gasteiger partial charge < -0.3 is 14.7 Å². The number of hydrogen-bond donors (Lipinski definition) is 1. The van der Waals surface area contributed by atoms with Crippen LogP contribution in [0, 0.1) is 11.8 Å². The molecule has 34 heavy (non-hydrogen) atoms. The second kappa shape index (κ2) is 9.00. The van der Waals surface area contributed by atoms with Crippen LogP contribution in [-0.2, 0) is 13.1 Å². The largest absolute Gasteiger partial charge is 0.497 e. The quantitative estimate of drug-likeness (QED) is 0.472. The smallest absolute Gasteiger partial charge is 0.336 e. The molecule has 0 radical (unpaired) electrons. The summed E-state index contributed by atoms with van der Waals surface area (Å²) in [5.41, 5.74) is 4.01. The van der Waals surface area contributed by atoms with Gasteiger partial charge in [0.1, 0.15) is 17.1 Å². The summed E-state index contributed by atoms with van der Waals surface area (Å²) in [5.74, 6) is 6.63. The van der Waals surface area contributed by atoms with E-state index >= 15 is 0 Å². The van der Waals surface area contributed by atoms with Gasteiger partial charge in [0.25, 0.3) is 0 Å². The fourth-order valence-electron chi connectivity index (χ4n) is 3.73. The lowest BCUT2D eigenvalue weighted by atomic mass is 10.1. The number of ether oxygens (including phenoxy) is 1. The van der Waals surface area contributed by atoms with Crippen LogP contribution in [0.2, 0.25) is 0 Å². The molecule has 5 rings (SSSR count). The van der Waals surface area contributed by atoms with E-state index in [0.717, 1.165) is 5.75 Å². The second-order valence-corrected chi connectivity index (χ2v) is 7.60. The third kappa shape index (κ3) is 4.27. The van der Waals surface area contributed by atoms with Gasteiger partial charge in [-0.15, -0.1) is 0 Å². The maximum absolute atomic E-state index is 11.4. The maximum atomic E-state index is 11.4. The van der Waals surface area contributed by atoms with Crippen molar-refractivity contribution in [2.75, 3.05) is 12.0 Å². The molecule has 0 amide bonds. The molecule has 4 aromatic rings. The zero-order chi connectivity index (χ0) is 23.5. The Morgan fingerprint density at radius 3 is 2.65 bits per heavy atom. The predicted molar refractivity (Wildman–Crippen MR) is 125 cm³/mol. The van der Waals surface area contributed by atoms with Crippen molar-refractivity contribution >= 4 is 11.9 Å². The molecule has 0 bridgehead atoms. The van der Waals surface area contributed by atoms with Crippen LogP contribution in [0.1, 0.15) is 32.7 Å². The summed E-state index contributed by atoms with van der Waals surface area (Å²) in [5, 5.41) is 9.34. The number of nitrogens with zero attached hydrogens (tertiary/aromatic N) is 5. The minimum Gasteiger partial charge on any atom is -0.497 e. The summed E-state index contributed by atoms with van der Waals surface area (Å²) in [6.45, 7) is 1.39. The number of carboxylic acids is 1. The number of benzene rings is 2. The summed E-state index contributed by atoms with van der Waals surface area (Å²) in [7, 11) is 1.66. The van der Waals surface area contributed by atoms with Crippen LogP contribution in [0.5, 0.6) is 5.75 Å². The zero-order valence-corrected chi connectivity index (χ0v) is 18.3. The summed E-state index contributed by atoms with van der Waals surface area (Å²) in [4.78, 5) is 31.5. The molecule has 0 atom stereocenters. The summed E-state index contributed by atoms with van der Waals surface area (Å²) < 4.78 is 5.33. The lowest BCUT2D eigenvalue weighted by Crippen LogP contribution is -2.17. The first-order valence-corrected chi connectivity index (χ1v) is 10.5. The van der Waals surface area contributed by atoms with E-state index in [0.29, 0.717) is 41.8 Å². The van der Waals surface area contributed by atoms with Crippen molar-refractivity contribution in [1.82, 2.24) is 19.9 Å². The molecule has 2 aromatic heterocycles. The Morgan fingerprint density at radius 2 is 1.79 bits per heavy atom. The van der Waals surface area contributed by atoms with Crippen LogP contribution >= 0.6 is 0 Å². The van der Waals surface area contributed by atoms with Crippen LogP contribution in [0.25, 0.3) is 11.5 Å². The molecule has 1 N–H and O–H groups in total. The van der Waals surface area contributed by atoms with Crippen molar-refractivity contribution in [2.24, 2.45) is 0 Å². The first kappa shape index (κ1) is 21.1. The number of rotatable bonds is 4. The Morgan fingerprint density at radius 1 is 0.971 bits per heavy atom. The molecule has 3 heterocycles. The first-order valence-electron chi connectivity index (χ1n) is 10.5. The van der Waals surface area contributed by atoms with E-state index in [-0.39, 0.29) is 5.56 Å². The minimum atomic E-state index is -1.02. The molecule has 166 valence electrons. The van der Waals surface area contributed by atoms with Gasteiger partial charge in [0.15, 0.2) is 5.82 Å². The Kier molecular flexibility index (Phi) is 5.58. The highest BCUT2D eigenvalue weighted by molar-refractivity contribution is 5.90. The fourth-order valence-corrected chi connectivity index (χ4v) is 3.73. The van der Waals surface area contributed by atoms with Gasteiger partial charge in [-0.25, -0.2) is 24.7 Å². The van der Waals surface area contributed by atoms with E-state index in [1.807, 2.05) is 12.1 Å². The Bertz CT molecular complexity index is 1460.